The Hall–Kier alpha value is -11.5. The molecule has 4 aromatic carbocycles. The summed E-state index contributed by atoms with van der Waals surface area (Å²) in [5.41, 5.74) is 8.12. The first-order valence-electron chi connectivity index (χ1n) is 40.8. The van der Waals surface area contributed by atoms with Gasteiger partial charge >= 0.3 is 23.9 Å². The van der Waals surface area contributed by atoms with Gasteiger partial charge in [0.25, 0.3) is 22.2 Å². The van der Waals surface area contributed by atoms with Gasteiger partial charge in [-0.25, -0.2) is 39.1 Å². The molecule has 0 spiro atoms. The minimum atomic E-state index is -1.84. The number of aliphatic hydroxyl groups is 4. The van der Waals surface area contributed by atoms with Crippen LogP contribution in [-0.4, -0.2) is 179 Å². The van der Waals surface area contributed by atoms with Crippen molar-refractivity contribution < 1.29 is 79.0 Å². The molecule has 32 nitrogen and oxygen atoms in total. The topological polar surface area (TPSA) is 420 Å². The summed E-state index contributed by atoms with van der Waals surface area (Å²) < 4.78 is 26.9. The van der Waals surface area contributed by atoms with E-state index in [0.717, 1.165) is 66.1 Å². The Bertz CT molecular complexity index is 6160. The molecule has 129 heavy (non-hydrogen) atoms. The number of aromatic nitrogens is 8. The van der Waals surface area contributed by atoms with Gasteiger partial charge in [-0.3, -0.25) is 19.2 Å². The summed E-state index contributed by atoms with van der Waals surface area (Å²) in [5, 5.41) is 88.7. The average molecular weight is 1870 g/mol. The number of halogens is 5. The van der Waals surface area contributed by atoms with Crippen molar-refractivity contribution in [1.82, 2.24) is 57.8 Å². The molecule has 20 rings (SSSR count). The number of ether oxygens (including phenoxy) is 4. The van der Waals surface area contributed by atoms with E-state index in [0.29, 0.717) is 164 Å². The number of carbonyl (C=O) groups excluding carboxylic acids is 4. The van der Waals surface area contributed by atoms with Crippen molar-refractivity contribution in [2.75, 3.05) is 56.4 Å². The fourth-order valence-electron chi connectivity index (χ4n) is 18.3. The lowest BCUT2D eigenvalue weighted by Crippen LogP contribution is -2.44. The normalized spacial score (nSPS) is 18.6. The molecule has 0 saturated carbocycles. The van der Waals surface area contributed by atoms with Crippen LogP contribution < -0.4 is 22.2 Å². The second-order valence-electron chi connectivity index (χ2n) is 33.9. The van der Waals surface area contributed by atoms with Crippen LogP contribution in [0.4, 0.5) is 0 Å². The van der Waals surface area contributed by atoms with Crippen molar-refractivity contribution in [3.8, 4) is 68.5 Å². The molecular formula is C92H97Cl5N12O20. The molecule has 0 amide bonds. The summed E-state index contributed by atoms with van der Waals surface area (Å²) in [7, 11) is 15.4. The Kier molecular flexibility index (Phi) is 26.8. The zero-order chi connectivity index (χ0) is 88.3. The van der Waals surface area contributed by atoms with Crippen molar-refractivity contribution >= 4 is 130 Å². The number of phenols is 4. The lowest BCUT2D eigenvalue weighted by molar-refractivity contribution is -0.172. The zero-order valence-corrected chi connectivity index (χ0v) is 76.5. The molecule has 0 unspecified atom stereocenters. The first-order chi connectivity index (χ1) is 59.0. The van der Waals surface area contributed by atoms with Crippen LogP contribution in [0.5, 0.6) is 23.0 Å². The van der Waals surface area contributed by atoms with E-state index in [9.17, 15) is 79.2 Å². The summed E-state index contributed by atoms with van der Waals surface area (Å²) in [6, 6.07) is 28.2. The van der Waals surface area contributed by atoms with Gasteiger partial charge in [-0.1, -0.05) is 27.7 Å². The maximum Gasteiger partial charge on any atom is 0.343 e. The number of benzene rings is 4. The summed E-state index contributed by atoms with van der Waals surface area (Å²) in [5.74, 6) is -2.13. The van der Waals surface area contributed by atoms with Crippen LogP contribution >= 0.6 is 62.0 Å². The van der Waals surface area contributed by atoms with Crippen LogP contribution in [0, 0.1) is 0 Å². The molecule has 0 aliphatic carbocycles. The highest BCUT2D eigenvalue weighted by Crippen LogP contribution is 2.47. The lowest BCUT2D eigenvalue weighted by atomic mass is 9.86. The molecule has 0 fully saturated rings. The number of carbonyl (C=O) groups is 4. The molecule has 0 bridgehead atoms. The number of aromatic hydroxyl groups is 4. The van der Waals surface area contributed by atoms with Crippen molar-refractivity contribution in [2.45, 2.75) is 155 Å². The van der Waals surface area contributed by atoms with Crippen LogP contribution in [0.3, 0.4) is 0 Å². The molecule has 8 N–H and O–H groups in total. The van der Waals surface area contributed by atoms with E-state index in [4.69, 9.17) is 38.9 Å². The first kappa shape index (κ1) is 96.6. The van der Waals surface area contributed by atoms with E-state index >= 15 is 0 Å². The molecule has 8 aliphatic heterocycles. The molecule has 680 valence electrons. The van der Waals surface area contributed by atoms with Gasteiger partial charge in [-0.05, 0) is 179 Å². The van der Waals surface area contributed by atoms with Crippen molar-refractivity contribution in [2.24, 2.45) is 0 Å². The molecule has 37 heteroatoms. The van der Waals surface area contributed by atoms with Crippen molar-refractivity contribution in [3.63, 3.8) is 0 Å². The third-order valence-electron chi connectivity index (χ3n) is 25.0. The molecule has 12 aromatic rings. The first-order valence-corrected chi connectivity index (χ1v) is 40.8. The summed E-state index contributed by atoms with van der Waals surface area (Å²) in [6.07, 6.45) is 0.416. The van der Waals surface area contributed by atoms with Gasteiger partial charge in [-0.15, -0.1) is 62.0 Å². The standard InChI is InChI=1S/4C23H23N3O5.5ClH/c4*1-4-23(30)16-8-18-20-12(9-26(18)21(28)15(16)11-31-22(23)29)7-13-14(10-25(2)3)19(27)6-5-17(13)24-20;;;;;/h4*5-8,27,30H,4,9-11H2,1-3H3;5*1H/t4*23-;;;;;/m0000...../s1. The predicted molar refractivity (Wildman–Crippen MR) is 491 cm³/mol. The second kappa shape index (κ2) is 35.8. The largest absolute Gasteiger partial charge is 0.508 e. The van der Waals surface area contributed by atoms with Crippen LogP contribution in [0.15, 0.2) is 116 Å². The van der Waals surface area contributed by atoms with Gasteiger partial charge in [-0.2, -0.15) is 0 Å². The molecule has 0 saturated heterocycles. The van der Waals surface area contributed by atoms with Crippen LogP contribution in [0.2, 0.25) is 0 Å². The highest BCUT2D eigenvalue weighted by molar-refractivity contribution is 5.95. The number of hydrogen-bond acceptors (Lipinski definition) is 28. The Labute approximate surface area is 768 Å². The molecular weight excluding hydrogens is 1770 g/mol. The van der Waals surface area contributed by atoms with E-state index in [1.165, 1.54) is 0 Å². The Balaban J connectivity index is 0.000000154. The molecule has 16 heterocycles. The van der Waals surface area contributed by atoms with E-state index in [2.05, 4.69) is 0 Å². The number of esters is 4. The fourth-order valence-corrected chi connectivity index (χ4v) is 18.3. The number of hydrogen-bond donors (Lipinski definition) is 8. The van der Waals surface area contributed by atoms with Gasteiger partial charge < -0.3 is 97.7 Å². The predicted octanol–water partition coefficient (Wildman–Crippen LogP) is 9.50. The summed E-state index contributed by atoms with van der Waals surface area (Å²) in [6.45, 7) is 9.63. The molecule has 8 aliphatic rings. The SMILES string of the molecule is CC[C@@]1(O)C(=O)OCc2c1cc1n(c2=O)Cc2cc3c(CN(C)C)c(O)ccc3nc2-1.CC[C@@]1(O)C(=O)OCc2c1cc1n(c2=O)Cc2cc3c(CN(C)C)c(O)ccc3nc2-1.CC[C@@]1(O)C(=O)OCc2c1cc1n(c2=O)Cc2cc3c(CN(C)C)c(O)ccc3nc2-1.CC[C@@]1(O)C(=O)OCc2c1cc1n(c2=O)Cc2cc3c(CN(C)C)c(O)ccc3nc2-1.Cl.Cl.Cl.Cl.Cl. The second-order valence-corrected chi connectivity index (χ2v) is 33.9. The van der Waals surface area contributed by atoms with Gasteiger partial charge in [0.2, 0.25) is 0 Å². The highest BCUT2D eigenvalue weighted by Gasteiger charge is 2.50. The minimum absolute atomic E-state index is 0. The number of phenolic OH excluding ortho intramolecular Hbond substituents is 4. The van der Waals surface area contributed by atoms with E-state index in [1.54, 1.807) is 119 Å². The fraction of sp³-hybridized carbons (Fsp3) is 0.348. The van der Waals surface area contributed by atoms with Crippen molar-refractivity contribution in [1.29, 1.82) is 0 Å². The third-order valence-corrected chi connectivity index (χ3v) is 25.0. The Morgan fingerprint density at radius 3 is 0.667 bits per heavy atom. The van der Waals surface area contributed by atoms with Gasteiger partial charge in [0, 0.05) is 114 Å². The van der Waals surface area contributed by atoms with Gasteiger partial charge in [0.1, 0.15) is 49.4 Å². The molecule has 0 radical (unpaired) electrons. The molecule has 8 aromatic heterocycles. The Morgan fingerprint density at radius 1 is 0.310 bits per heavy atom. The van der Waals surface area contributed by atoms with E-state index < -0.39 is 46.3 Å². The monoisotopic (exact) mass is 1860 g/mol. The number of fused-ring (bicyclic) bond motifs is 20. The van der Waals surface area contributed by atoms with Crippen LogP contribution in [0.25, 0.3) is 89.2 Å². The quantitative estimate of drug-likeness (QED) is 0.0416. The van der Waals surface area contributed by atoms with E-state index in [-0.39, 0.29) is 159 Å². The average Bonchev–Trinajstić information content (AvgIpc) is 1.57. The summed E-state index contributed by atoms with van der Waals surface area (Å²) >= 11 is 0. The maximum atomic E-state index is 13.2. The lowest BCUT2D eigenvalue weighted by Gasteiger charge is -2.31. The van der Waals surface area contributed by atoms with E-state index in [1.807, 2.05) is 100 Å². The minimum Gasteiger partial charge on any atom is -0.508 e. The summed E-state index contributed by atoms with van der Waals surface area (Å²) in [4.78, 5) is 129. The zero-order valence-electron chi connectivity index (χ0n) is 72.4. The maximum absolute atomic E-state index is 13.2. The molecule has 4 atom stereocenters. The van der Waals surface area contributed by atoms with Gasteiger partial charge in [0.15, 0.2) is 22.4 Å². The smallest absolute Gasteiger partial charge is 0.343 e. The number of cyclic esters (lactones) is 4. The Morgan fingerprint density at radius 2 is 0.496 bits per heavy atom. The highest BCUT2D eigenvalue weighted by atomic mass is 35.5. The number of rotatable bonds is 12. The van der Waals surface area contributed by atoms with Crippen LogP contribution in [0.1, 0.15) is 142 Å². The van der Waals surface area contributed by atoms with Crippen LogP contribution in [-0.2, 0) is 139 Å². The van der Waals surface area contributed by atoms with Crippen molar-refractivity contribution in [3.05, 3.63) is 227 Å². The van der Waals surface area contributed by atoms with Gasteiger partial charge in [0.05, 0.1) is 116 Å². The number of pyridine rings is 8. The third kappa shape index (κ3) is 15.6. The number of nitrogens with zero attached hydrogens (tertiary/aromatic N) is 12.